The number of ether oxygens (including phenoxy) is 4. The molecule has 0 radical (unpaired) electrons. The van der Waals surface area contributed by atoms with Gasteiger partial charge in [-0.15, -0.1) is 0 Å². The van der Waals surface area contributed by atoms with Gasteiger partial charge in [0.2, 0.25) is 5.91 Å². The van der Waals surface area contributed by atoms with Crippen molar-refractivity contribution in [3.63, 3.8) is 0 Å². The molecule has 1 heterocycles. The zero-order valence-corrected chi connectivity index (χ0v) is 21.6. The van der Waals surface area contributed by atoms with E-state index in [-0.39, 0.29) is 13.2 Å². The van der Waals surface area contributed by atoms with Gasteiger partial charge in [0.1, 0.15) is 12.2 Å². The van der Waals surface area contributed by atoms with E-state index in [4.69, 9.17) is 28.0 Å². The summed E-state index contributed by atoms with van der Waals surface area (Å²) in [4.78, 5) is 25.1. The quantitative estimate of drug-likeness (QED) is 0.352. The monoisotopic (exact) mass is 521 g/mol. The second-order valence-electron chi connectivity index (χ2n) is 8.12. The third-order valence-electron chi connectivity index (χ3n) is 5.76. The minimum atomic E-state index is -3.97. The lowest BCUT2D eigenvalue weighted by atomic mass is 9.96. The molecule has 2 aromatic carbocycles. The summed E-state index contributed by atoms with van der Waals surface area (Å²) in [5.74, 6) is -2.57. The molecule has 196 valence electrons. The minimum absolute atomic E-state index is 0.122. The van der Waals surface area contributed by atoms with E-state index >= 15 is 0 Å². The van der Waals surface area contributed by atoms with Crippen LogP contribution in [0.5, 0.6) is 0 Å². The van der Waals surface area contributed by atoms with Crippen molar-refractivity contribution in [3.8, 4) is 0 Å². The van der Waals surface area contributed by atoms with E-state index < -0.39 is 49.7 Å². The molecule has 1 aliphatic rings. The van der Waals surface area contributed by atoms with E-state index in [1.807, 2.05) is 60.7 Å². The Labute approximate surface area is 210 Å². The Bertz CT molecular complexity index is 1030. The van der Waals surface area contributed by atoms with Crippen LogP contribution in [0.1, 0.15) is 18.1 Å². The Morgan fingerprint density at radius 3 is 1.81 bits per heavy atom. The van der Waals surface area contributed by atoms with Crippen LogP contribution in [0, 0.1) is 0 Å². The predicted octanol–water partition coefficient (Wildman–Crippen LogP) is 3.05. The first-order valence-electron chi connectivity index (χ1n) is 11.4. The third-order valence-corrected chi connectivity index (χ3v) is 7.85. The van der Waals surface area contributed by atoms with E-state index in [0.717, 1.165) is 11.1 Å². The summed E-state index contributed by atoms with van der Waals surface area (Å²) >= 11 is 0. The number of methoxy groups -OCH3 is 1. The standard InChI is InChI=1S/C25H32NO9P/c1-17(27)26-20-21(33-15-18-11-7-5-8-12-18)22(34-16-19-13-9-6-10-14-19)23(24(28)30-2)35-25(20)36(29,31-3)32-4/h5-14,20-23,25H,15-16H2,1-4H3,(H,26,27)/t20-,21+,22-,23+,25+/m0/s1. The molecule has 2 aromatic rings. The Morgan fingerprint density at radius 2 is 1.36 bits per heavy atom. The summed E-state index contributed by atoms with van der Waals surface area (Å²) in [6.07, 6.45) is -3.36. The van der Waals surface area contributed by atoms with Crippen LogP contribution in [-0.2, 0) is 55.4 Å². The van der Waals surface area contributed by atoms with E-state index in [1.165, 1.54) is 28.3 Å². The van der Waals surface area contributed by atoms with Gasteiger partial charge in [0, 0.05) is 21.1 Å². The van der Waals surface area contributed by atoms with Crippen LogP contribution in [-0.4, -0.2) is 63.4 Å². The van der Waals surface area contributed by atoms with Gasteiger partial charge in [-0.25, -0.2) is 4.79 Å². The van der Waals surface area contributed by atoms with Crippen molar-refractivity contribution in [2.24, 2.45) is 0 Å². The van der Waals surface area contributed by atoms with Crippen molar-refractivity contribution < 1.29 is 42.1 Å². The second kappa shape index (κ2) is 13.1. The van der Waals surface area contributed by atoms with E-state index in [0.29, 0.717) is 0 Å². The molecule has 10 nitrogen and oxygen atoms in total. The van der Waals surface area contributed by atoms with Gasteiger partial charge in [-0.3, -0.25) is 9.36 Å². The first-order valence-corrected chi connectivity index (χ1v) is 13.0. The van der Waals surface area contributed by atoms with Crippen LogP contribution in [0.15, 0.2) is 60.7 Å². The maximum absolute atomic E-state index is 13.5. The zero-order chi connectivity index (χ0) is 26.1. The molecule has 0 aliphatic carbocycles. The van der Waals surface area contributed by atoms with Crippen molar-refractivity contribution >= 4 is 19.5 Å². The highest BCUT2D eigenvalue weighted by molar-refractivity contribution is 7.54. The van der Waals surface area contributed by atoms with Crippen molar-refractivity contribution in [1.29, 1.82) is 0 Å². The van der Waals surface area contributed by atoms with Crippen LogP contribution < -0.4 is 5.32 Å². The maximum Gasteiger partial charge on any atom is 0.360 e. The Hall–Kier alpha value is -2.59. The molecule has 5 atom stereocenters. The van der Waals surface area contributed by atoms with Gasteiger partial charge in [0.25, 0.3) is 0 Å². The summed E-state index contributed by atoms with van der Waals surface area (Å²) in [7, 11) is -0.368. The van der Waals surface area contributed by atoms with Gasteiger partial charge >= 0.3 is 13.6 Å². The highest BCUT2D eigenvalue weighted by Gasteiger charge is 2.57. The number of nitrogens with one attached hydrogen (secondary N) is 1. The molecule has 0 bridgehead atoms. The lowest BCUT2D eigenvalue weighted by Crippen LogP contribution is -2.66. The number of esters is 1. The maximum atomic E-state index is 13.5. The predicted molar refractivity (Wildman–Crippen MR) is 130 cm³/mol. The van der Waals surface area contributed by atoms with Crippen LogP contribution in [0.4, 0.5) is 0 Å². The summed E-state index contributed by atoms with van der Waals surface area (Å²) in [6, 6.07) is 17.6. The number of hydrogen-bond acceptors (Lipinski definition) is 9. The van der Waals surface area contributed by atoms with Gasteiger partial charge in [-0.2, -0.15) is 0 Å². The topological polar surface area (TPSA) is 119 Å². The molecule has 1 aliphatic heterocycles. The number of amides is 1. The molecular formula is C25H32NO9P. The Balaban J connectivity index is 2.03. The van der Waals surface area contributed by atoms with Crippen LogP contribution in [0.2, 0.25) is 0 Å². The van der Waals surface area contributed by atoms with E-state index in [1.54, 1.807) is 0 Å². The van der Waals surface area contributed by atoms with Crippen LogP contribution in [0.25, 0.3) is 0 Å². The van der Waals surface area contributed by atoms with Crippen LogP contribution >= 0.6 is 7.60 Å². The van der Waals surface area contributed by atoms with Gasteiger partial charge in [-0.1, -0.05) is 60.7 Å². The highest BCUT2D eigenvalue weighted by atomic mass is 31.2. The fourth-order valence-electron chi connectivity index (χ4n) is 4.01. The van der Waals surface area contributed by atoms with Crippen LogP contribution in [0.3, 0.4) is 0 Å². The zero-order valence-electron chi connectivity index (χ0n) is 20.7. The van der Waals surface area contributed by atoms with Crippen molar-refractivity contribution in [2.75, 3.05) is 21.3 Å². The number of rotatable bonds is 11. The molecule has 0 saturated carbocycles. The van der Waals surface area contributed by atoms with Crippen molar-refractivity contribution in [1.82, 2.24) is 5.32 Å². The molecule has 0 unspecified atom stereocenters. The van der Waals surface area contributed by atoms with Gasteiger partial charge in [-0.05, 0) is 11.1 Å². The number of hydrogen-bond donors (Lipinski definition) is 1. The smallest absolute Gasteiger partial charge is 0.360 e. The highest BCUT2D eigenvalue weighted by Crippen LogP contribution is 2.56. The van der Waals surface area contributed by atoms with E-state index in [9.17, 15) is 14.2 Å². The summed E-state index contributed by atoms with van der Waals surface area (Å²) in [5.41, 5.74) is 1.70. The van der Waals surface area contributed by atoms with Gasteiger partial charge in [0.15, 0.2) is 11.9 Å². The molecule has 1 saturated heterocycles. The second-order valence-corrected chi connectivity index (χ2v) is 10.4. The molecule has 3 rings (SSSR count). The molecule has 11 heteroatoms. The average Bonchev–Trinajstić information content (AvgIpc) is 2.91. The molecule has 1 fully saturated rings. The molecule has 36 heavy (non-hydrogen) atoms. The fraction of sp³-hybridized carbons (Fsp3) is 0.440. The molecule has 1 amide bonds. The summed E-state index contributed by atoms with van der Waals surface area (Å²) < 4.78 is 47.2. The normalized spacial score (nSPS) is 24.2. The average molecular weight is 522 g/mol. The Kier molecular flexibility index (Phi) is 10.2. The largest absolute Gasteiger partial charge is 0.467 e. The van der Waals surface area contributed by atoms with Gasteiger partial charge < -0.3 is 33.3 Å². The van der Waals surface area contributed by atoms with E-state index in [2.05, 4.69) is 5.32 Å². The lowest BCUT2D eigenvalue weighted by molar-refractivity contribution is -0.218. The Morgan fingerprint density at radius 1 is 0.861 bits per heavy atom. The first kappa shape index (κ1) is 28.0. The molecule has 0 aromatic heterocycles. The number of carbonyl (C=O) groups is 2. The molecule has 0 spiro atoms. The number of benzene rings is 2. The lowest BCUT2D eigenvalue weighted by Gasteiger charge is -2.46. The third kappa shape index (κ3) is 6.79. The fourth-order valence-corrected chi connectivity index (χ4v) is 5.50. The summed E-state index contributed by atoms with van der Waals surface area (Å²) in [5, 5.41) is 2.74. The first-order chi connectivity index (χ1) is 17.3. The molecular weight excluding hydrogens is 489 g/mol. The SMILES string of the molecule is COC(=O)[C@@H]1O[C@H](P(=O)(OC)OC)[C@@H](NC(C)=O)[C@@H](OCc2ccccc2)[C@@H]1OCc1ccccc1. The summed E-state index contributed by atoms with van der Waals surface area (Å²) in [6.45, 7) is 1.55. The van der Waals surface area contributed by atoms with Crippen molar-refractivity contribution in [3.05, 3.63) is 71.8 Å². The number of carbonyl (C=O) groups excluding carboxylic acids is 2. The minimum Gasteiger partial charge on any atom is -0.467 e. The van der Waals surface area contributed by atoms with Gasteiger partial charge in [0.05, 0.1) is 26.4 Å². The van der Waals surface area contributed by atoms with Crippen molar-refractivity contribution in [2.45, 2.75) is 50.3 Å². The molecule has 1 N–H and O–H groups in total.